The molecular weight excluding hydrogens is 242 g/mol. The lowest BCUT2D eigenvalue weighted by atomic mass is 9.95. The number of benzene rings is 1. The van der Waals surface area contributed by atoms with Gasteiger partial charge >= 0.3 is 6.03 Å². The lowest BCUT2D eigenvalue weighted by Crippen LogP contribution is -2.42. The van der Waals surface area contributed by atoms with Gasteiger partial charge in [-0.15, -0.1) is 0 Å². The molecule has 1 aliphatic rings. The largest absolute Gasteiger partial charge is 0.399 e. The molecule has 0 bridgehead atoms. The number of piperidine rings is 1. The lowest BCUT2D eigenvalue weighted by Gasteiger charge is -2.32. The van der Waals surface area contributed by atoms with Crippen LogP contribution in [-0.4, -0.2) is 35.7 Å². The number of nitrogens with two attached hydrogens (primary N) is 1. The van der Waals surface area contributed by atoms with Gasteiger partial charge in [-0.25, -0.2) is 4.79 Å². The van der Waals surface area contributed by atoms with E-state index < -0.39 is 0 Å². The standard InChI is InChI=1S/C14H21N3O2/c15-12-3-5-13(6-4-12)16-14(19)17-8-1-2-11(10-17)7-9-18/h3-6,11,18H,1-2,7-10,15H2,(H,16,19). The minimum Gasteiger partial charge on any atom is -0.399 e. The molecular formula is C14H21N3O2. The van der Waals surface area contributed by atoms with Gasteiger partial charge < -0.3 is 21.1 Å². The van der Waals surface area contributed by atoms with E-state index in [0.29, 0.717) is 11.6 Å². The predicted octanol–water partition coefficient (Wildman–Crippen LogP) is 1.90. The molecule has 5 heteroatoms. The summed E-state index contributed by atoms with van der Waals surface area (Å²) in [6, 6.07) is 7.04. The molecule has 1 atom stereocenters. The number of nitrogens with zero attached hydrogens (tertiary/aromatic N) is 1. The normalized spacial score (nSPS) is 19.2. The zero-order chi connectivity index (χ0) is 13.7. The summed E-state index contributed by atoms with van der Waals surface area (Å²) in [5.41, 5.74) is 7.04. The van der Waals surface area contributed by atoms with Gasteiger partial charge in [-0.3, -0.25) is 0 Å². The summed E-state index contributed by atoms with van der Waals surface area (Å²) < 4.78 is 0. The number of anilines is 2. The molecule has 4 N–H and O–H groups in total. The summed E-state index contributed by atoms with van der Waals surface area (Å²) in [4.78, 5) is 13.9. The van der Waals surface area contributed by atoms with Crippen molar-refractivity contribution in [2.75, 3.05) is 30.7 Å². The Kier molecular flexibility index (Phi) is 4.63. The maximum absolute atomic E-state index is 12.1. The summed E-state index contributed by atoms with van der Waals surface area (Å²) in [5.74, 6) is 0.413. The third kappa shape index (κ3) is 3.86. The maximum Gasteiger partial charge on any atom is 0.321 e. The van der Waals surface area contributed by atoms with Gasteiger partial charge in [-0.1, -0.05) is 0 Å². The first-order valence-corrected chi connectivity index (χ1v) is 6.71. The molecule has 1 aromatic rings. The zero-order valence-corrected chi connectivity index (χ0v) is 11.0. The van der Waals surface area contributed by atoms with E-state index in [4.69, 9.17) is 10.8 Å². The fourth-order valence-electron chi connectivity index (χ4n) is 2.44. The Morgan fingerprint density at radius 1 is 1.42 bits per heavy atom. The van der Waals surface area contributed by atoms with Crippen molar-refractivity contribution in [2.24, 2.45) is 5.92 Å². The first-order chi connectivity index (χ1) is 9.19. The third-order valence-electron chi connectivity index (χ3n) is 3.51. The number of likely N-dealkylation sites (tertiary alicyclic amines) is 1. The summed E-state index contributed by atoms with van der Waals surface area (Å²) in [6.45, 7) is 1.70. The van der Waals surface area contributed by atoms with E-state index in [9.17, 15) is 4.79 Å². The molecule has 1 heterocycles. The van der Waals surface area contributed by atoms with Crippen LogP contribution < -0.4 is 11.1 Å². The molecule has 0 saturated carbocycles. The first kappa shape index (κ1) is 13.7. The van der Waals surface area contributed by atoms with Gasteiger partial charge in [0.2, 0.25) is 0 Å². The van der Waals surface area contributed by atoms with Crippen LogP contribution in [0, 0.1) is 5.92 Å². The molecule has 1 unspecified atom stereocenters. The summed E-state index contributed by atoms with van der Waals surface area (Å²) in [7, 11) is 0. The second-order valence-corrected chi connectivity index (χ2v) is 5.02. The Bertz CT molecular complexity index is 417. The summed E-state index contributed by atoms with van der Waals surface area (Å²) in [6.07, 6.45) is 2.86. The van der Waals surface area contributed by atoms with Crippen LogP contribution in [0.5, 0.6) is 0 Å². The number of hydrogen-bond acceptors (Lipinski definition) is 3. The van der Waals surface area contributed by atoms with Crippen LogP contribution >= 0.6 is 0 Å². The van der Waals surface area contributed by atoms with Crippen molar-refractivity contribution in [2.45, 2.75) is 19.3 Å². The molecule has 2 amide bonds. The highest BCUT2D eigenvalue weighted by Gasteiger charge is 2.23. The highest BCUT2D eigenvalue weighted by molar-refractivity contribution is 5.89. The molecule has 1 saturated heterocycles. The predicted molar refractivity (Wildman–Crippen MR) is 75.9 cm³/mol. The Hall–Kier alpha value is -1.75. The summed E-state index contributed by atoms with van der Waals surface area (Å²) in [5, 5.41) is 11.8. The second-order valence-electron chi connectivity index (χ2n) is 5.02. The molecule has 1 aromatic carbocycles. The number of urea groups is 1. The van der Waals surface area contributed by atoms with E-state index in [2.05, 4.69) is 5.32 Å². The van der Waals surface area contributed by atoms with Crippen molar-refractivity contribution < 1.29 is 9.90 Å². The topological polar surface area (TPSA) is 78.6 Å². The number of aliphatic hydroxyl groups excluding tert-OH is 1. The smallest absolute Gasteiger partial charge is 0.321 e. The first-order valence-electron chi connectivity index (χ1n) is 6.71. The number of nitrogen functional groups attached to an aromatic ring is 1. The fourth-order valence-corrected chi connectivity index (χ4v) is 2.44. The van der Waals surface area contributed by atoms with Crippen molar-refractivity contribution in [3.63, 3.8) is 0 Å². The monoisotopic (exact) mass is 263 g/mol. The lowest BCUT2D eigenvalue weighted by molar-refractivity contribution is 0.159. The van der Waals surface area contributed by atoms with E-state index >= 15 is 0 Å². The number of amides is 2. The van der Waals surface area contributed by atoms with Crippen molar-refractivity contribution in [1.29, 1.82) is 0 Å². The van der Waals surface area contributed by atoms with Gasteiger partial charge in [0.05, 0.1) is 0 Å². The molecule has 0 radical (unpaired) electrons. The average molecular weight is 263 g/mol. The van der Waals surface area contributed by atoms with Gasteiger partial charge in [-0.05, 0) is 49.4 Å². The minimum atomic E-state index is -0.0765. The van der Waals surface area contributed by atoms with Crippen LogP contribution in [0.2, 0.25) is 0 Å². The number of nitrogens with one attached hydrogen (secondary N) is 1. The van der Waals surface area contributed by atoms with Crippen molar-refractivity contribution >= 4 is 17.4 Å². The SMILES string of the molecule is Nc1ccc(NC(=O)N2CCCC(CCO)C2)cc1. The minimum absolute atomic E-state index is 0.0765. The fraction of sp³-hybridized carbons (Fsp3) is 0.500. The molecule has 2 rings (SSSR count). The maximum atomic E-state index is 12.1. The van der Waals surface area contributed by atoms with Crippen LogP contribution in [0.25, 0.3) is 0 Å². The zero-order valence-electron chi connectivity index (χ0n) is 11.0. The Morgan fingerprint density at radius 3 is 2.84 bits per heavy atom. The highest BCUT2D eigenvalue weighted by atomic mass is 16.3. The second kappa shape index (κ2) is 6.43. The van der Waals surface area contributed by atoms with Crippen molar-refractivity contribution in [1.82, 2.24) is 4.90 Å². The number of rotatable bonds is 3. The molecule has 0 aliphatic carbocycles. The van der Waals surface area contributed by atoms with Crippen LogP contribution in [0.3, 0.4) is 0 Å². The Balaban J connectivity index is 1.90. The Morgan fingerprint density at radius 2 is 2.16 bits per heavy atom. The van der Waals surface area contributed by atoms with E-state index in [1.165, 1.54) is 0 Å². The molecule has 1 aliphatic heterocycles. The quantitative estimate of drug-likeness (QED) is 0.729. The number of aliphatic hydroxyl groups is 1. The molecule has 19 heavy (non-hydrogen) atoms. The third-order valence-corrected chi connectivity index (χ3v) is 3.51. The van der Waals surface area contributed by atoms with E-state index in [0.717, 1.165) is 38.0 Å². The average Bonchev–Trinajstić information content (AvgIpc) is 2.42. The molecule has 5 nitrogen and oxygen atoms in total. The van der Waals surface area contributed by atoms with Gasteiger partial charge in [-0.2, -0.15) is 0 Å². The Labute approximate surface area is 113 Å². The van der Waals surface area contributed by atoms with Gasteiger partial charge in [0, 0.05) is 31.1 Å². The van der Waals surface area contributed by atoms with Gasteiger partial charge in [0.25, 0.3) is 0 Å². The number of carbonyl (C=O) groups excluding carboxylic acids is 1. The van der Waals surface area contributed by atoms with Crippen LogP contribution in [0.1, 0.15) is 19.3 Å². The highest BCUT2D eigenvalue weighted by Crippen LogP contribution is 2.20. The molecule has 0 spiro atoms. The van der Waals surface area contributed by atoms with E-state index in [-0.39, 0.29) is 12.6 Å². The number of carbonyl (C=O) groups is 1. The van der Waals surface area contributed by atoms with Gasteiger partial charge in [0.15, 0.2) is 0 Å². The van der Waals surface area contributed by atoms with Gasteiger partial charge in [0.1, 0.15) is 0 Å². The van der Waals surface area contributed by atoms with Crippen LogP contribution in [-0.2, 0) is 0 Å². The van der Waals surface area contributed by atoms with Crippen LogP contribution in [0.4, 0.5) is 16.2 Å². The van der Waals surface area contributed by atoms with Crippen molar-refractivity contribution in [3.05, 3.63) is 24.3 Å². The molecule has 1 fully saturated rings. The molecule has 104 valence electrons. The summed E-state index contributed by atoms with van der Waals surface area (Å²) >= 11 is 0. The number of hydrogen-bond donors (Lipinski definition) is 3. The molecule has 0 aromatic heterocycles. The van der Waals surface area contributed by atoms with Crippen molar-refractivity contribution in [3.8, 4) is 0 Å². The van der Waals surface area contributed by atoms with E-state index in [1.54, 1.807) is 24.3 Å². The van der Waals surface area contributed by atoms with E-state index in [1.807, 2.05) is 4.90 Å². The van der Waals surface area contributed by atoms with Crippen LogP contribution in [0.15, 0.2) is 24.3 Å².